The van der Waals surface area contributed by atoms with Crippen LogP contribution in [0.5, 0.6) is 0 Å². The highest BCUT2D eigenvalue weighted by atomic mass is 16.2. The molecule has 1 heterocycles. The number of benzene rings is 1. The third-order valence-electron chi connectivity index (χ3n) is 2.44. The Labute approximate surface area is 93.9 Å². The van der Waals surface area contributed by atoms with Crippen molar-refractivity contribution < 1.29 is 4.79 Å². The highest BCUT2D eigenvalue weighted by Crippen LogP contribution is 2.16. The maximum Gasteiger partial charge on any atom is 0.261 e. The molecule has 4 nitrogen and oxygen atoms in total. The molecule has 0 saturated carbocycles. The van der Waals surface area contributed by atoms with Crippen molar-refractivity contribution in [1.82, 2.24) is 10.2 Å². The van der Waals surface area contributed by atoms with E-state index >= 15 is 0 Å². The average molecular weight is 215 g/mol. The molecule has 16 heavy (non-hydrogen) atoms. The fourth-order valence-electron chi connectivity index (χ4n) is 1.52. The molecule has 0 bridgehead atoms. The highest BCUT2D eigenvalue weighted by Gasteiger charge is 2.13. The summed E-state index contributed by atoms with van der Waals surface area (Å²) in [6, 6.07) is 7.81. The second-order valence-corrected chi connectivity index (χ2v) is 3.69. The summed E-state index contributed by atoms with van der Waals surface area (Å²) in [5.74, 6) is -0.0700. The van der Waals surface area contributed by atoms with Gasteiger partial charge in [0.05, 0.1) is 11.8 Å². The van der Waals surface area contributed by atoms with Gasteiger partial charge >= 0.3 is 0 Å². The lowest BCUT2D eigenvalue weighted by atomic mass is 10.2. The van der Waals surface area contributed by atoms with E-state index in [2.05, 4.69) is 10.2 Å². The maximum atomic E-state index is 12.0. The number of hydrogen-bond acceptors (Lipinski definition) is 2. The van der Waals surface area contributed by atoms with Crippen molar-refractivity contribution >= 4 is 11.6 Å². The molecule has 0 spiro atoms. The fraction of sp³-hybridized carbons (Fsp3) is 0.167. The number of amides is 1. The van der Waals surface area contributed by atoms with Crippen LogP contribution >= 0.6 is 0 Å². The summed E-state index contributed by atoms with van der Waals surface area (Å²) in [4.78, 5) is 13.6. The Kier molecular flexibility index (Phi) is 2.72. The van der Waals surface area contributed by atoms with Crippen LogP contribution in [0.25, 0.3) is 0 Å². The molecule has 0 aliphatic heterocycles. The first kappa shape index (κ1) is 10.4. The second-order valence-electron chi connectivity index (χ2n) is 3.69. The second kappa shape index (κ2) is 4.18. The molecule has 0 aliphatic rings. The Bertz CT molecular complexity index is 491. The van der Waals surface area contributed by atoms with Gasteiger partial charge in [0.25, 0.3) is 5.91 Å². The van der Waals surface area contributed by atoms with Crippen LogP contribution in [0, 0.1) is 6.92 Å². The molecule has 0 saturated heterocycles. The zero-order valence-electron chi connectivity index (χ0n) is 9.27. The van der Waals surface area contributed by atoms with Gasteiger partial charge in [-0.05, 0) is 24.6 Å². The summed E-state index contributed by atoms with van der Waals surface area (Å²) >= 11 is 0. The van der Waals surface area contributed by atoms with Crippen molar-refractivity contribution in [3.63, 3.8) is 0 Å². The molecule has 0 fully saturated rings. The summed E-state index contributed by atoms with van der Waals surface area (Å²) in [5.41, 5.74) is 2.57. The van der Waals surface area contributed by atoms with Crippen LogP contribution < -0.4 is 4.90 Å². The van der Waals surface area contributed by atoms with Crippen LogP contribution in [0.3, 0.4) is 0 Å². The predicted molar refractivity (Wildman–Crippen MR) is 62.5 cm³/mol. The van der Waals surface area contributed by atoms with Crippen LogP contribution in [-0.2, 0) is 0 Å². The predicted octanol–water partition coefficient (Wildman–Crippen LogP) is 1.99. The molecular weight excluding hydrogens is 202 g/mol. The first-order valence-electron chi connectivity index (χ1n) is 5.02. The summed E-state index contributed by atoms with van der Waals surface area (Å²) in [6.45, 7) is 2.00. The van der Waals surface area contributed by atoms with Crippen LogP contribution in [-0.4, -0.2) is 23.2 Å². The SMILES string of the molecule is Cc1cccc(N(C)C(=O)c2cn[nH]c2)c1. The summed E-state index contributed by atoms with van der Waals surface area (Å²) in [7, 11) is 1.75. The van der Waals surface area contributed by atoms with E-state index in [9.17, 15) is 4.79 Å². The van der Waals surface area contributed by atoms with Gasteiger partial charge in [-0.2, -0.15) is 5.10 Å². The quantitative estimate of drug-likeness (QED) is 0.832. The molecule has 1 amide bonds. The van der Waals surface area contributed by atoms with Crippen molar-refractivity contribution in [3.8, 4) is 0 Å². The Morgan fingerprint density at radius 2 is 2.25 bits per heavy atom. The van der Waals surface area contributed by atoms with Crippen LogP contribution in [0.15, 0.2) is 36.7 Å². The van der Waals surface area contributed by atoms with Gasteiger partial charge in [-0.15, -0.1) is 0 Å². The number of nitrogens with zero attached hydrogens (tertiary/aromatic N) is 2. The molecule has 1 N–H and O–H groups in total. The number of H-pyrrole nitrogens is 1. The molecule has 82 valence electrons. The van der Waals surface area contributed by atoms with Crippen molar-refractivity contribution in [1.29, 1.82) is 0 Å². The minimum atomic E-state index is -0.0700. The lowest BCUT2D eigenvalue weighted by Crippen LogP contribution is -2.25. The Morgan fingerprint density at radius 1 is 1.44 bits per heavy atom. The standard InChI is InChI=1S/C12H13N3O/c1-9-4-3-5-11(6-9)15(2)12(16)10-7-13-14-8-10/h3-8H,1-2H3,(H,13,14). The number of aromatic amines is 1. The molecule has 0 aliphatic carbocycles. The van der Waals surface area contributed by atoms with Crippen molar-refractivity contribution in [2.75, 3.05) is 11.9 Å². The van der Waals surface area contributed by atoms with E-state index in [1.807, 2.05) is 31.2 Å². The topological polar surface area (TPSA) is 49.0 Å². The van der Waals surface area contributed by atoms with E-state index in [4.69, 9.17) is 0 Å². The smallest absolute Gasteiger partial charge is 0.261 e. The minimum Gasteiger partial charge on any atom is -0.311 e. The first-order valence-corrected chi connectivity index (χ1v) is 5.02. The van der Waals surface area contributed by atoms with Gasteiger partial charge in [-0.3, -0.25) is 9.89 Å². The number of aryl methyl sites for hydroxylation is 1. The van der Waals surface area contributed by atoms with Gasteiger partial charge in [0.2, 0.25) is 0 Å². The van der Waals surface area contributed by atoms with Crippen LogP contribution in [0.1, 0.15) is 15.9 Å². The van der Waals surface area contributed by atoms with Gasteiger partial charge in [-0.25, -0.2) is 0 Å². The molecule has 1 aromatic carbocycles. The Hall–Kier alpha value is -2.10. The van der Waals surface area contributed by atoms with Gasteiger partial charge in [-0.1, -0.05) is 12.1 Å². The van der Waals surface area contributed by atoms with E-state index in [1.165, 1.54) is 6.20 Å². The monoisotopic (exact) mass is 215 g/mol. The zero-order chi connectivity index (χ0) is 11.5. The van der Waals surface area contributed by atoms with Crippen molar-refractivity contribution in [2.24, 2.45) is 0 Å². The number of rotatable bonds is 2. The molecule has 0 radical (unpaired) electrons. The molecule has 0 unspecified atom stereocenters. The lowest BCUT2D eigenvalue weighted by molar-refractivity contribution is 0.0993. The summed E-state index contributed by atoms with van der Waals surface area (Å²) in [5, 5.41) is 6.40. The largest absolute Gasteiger partial charge is 0.311 e. The normalized spacial score (nSPS) is 10.1. The lowest BCUT2D eigenvalue weighted by Gasteiger charge is -2.16. The third-order valence-corrected chi connectivity index (χ3v) is 2.44. The van der Waals surface area contributed by atoms with E-state index in [0.29, 0.717) is 5.56 Å². The minimum absolute atomic E-state index is 0.0700. The molecule has 4 heteroatoms. The maximum absolute atomic E-state index is 12.0. The van der Waals surface area contributed by atoms with Gasteiger partial charge < -0.3 is 4.90 Å². The van der Waals surface area contributed by atoms with E-state index < -0.39 is 0 Å². The van der Waals surface area contributed by atoms with Crippen molar-refractivity contribution in [2.45, 2.75) is 6.92 Å². The number of carbonyl (C=O) groups is 1. The fourth-order valence-corrected chi connectivity index (χ4v) is 1.52. The van der Waals surface area contributed by atoms with E-state index in [0.717, 1.165) is 11.3 Å². The number of nitrogens with one attached hydrogen (secondary N) is 1. The van der Waals surface area contributed by atoms with Crippen LogP contribution in [0.4, 0.5) is 5.69 Å². The van der Waals surface area contributed by atoms with Gasteiger partial charge in [0, 0.05) is 18.9 Å². The van der Waals surface area contributed by atoms with E-state index in [1.54, 1.807) is 18.1 Å². The Balaban J connectivity index is 2.26. The number of aromatic nitrogens is 2. The Morgan fingerprint density at radius 3 is 2.88 bits per heavy atom. The molecule has 2 aromatic rings. The number of hydrogen-bond donors (Lipinski definition) is 1. The third kappa shape index (κ3) is 1.95. The average Bonchev–Trinajstić information content (AvgIpc) is 2.80. The molecule has 1 aromatic heterocycles. The number of anilines is 1. The van der Waals surface area contributed by atoms with Gasteiger partial charge in [0.1, 0.15) is 0 Å². The number of carbonyl (C=O) groups excluding carboxylic acids is 1. The van der Waals surface area contributed by atoms with Crippen molar-refractivity contribution in [3.05, 3.63) is 47.8 Å². The van der Waals surface area contributed by atoms with E-state index in [-0.39, 0.29) is 5.91 Å². The summed E-state index contributed by atoms with van der Waals surface area (Å²) < 4.78 is 0. The molecule has 0 atom stereocenters. The molecule has 2 rings (SSSR count). The first-order chi connectivity index (χ1) is 7.68. The highest BCUT2D eigenvalue weighted by molar-refractivity contribution is 6.05. The zero-order valence-corrected chi connectivity index (χ0v) is 9.27. The van der Waals surface area contributed by atoms with Crippen LogP contribution in [0.2, 0.25) is 0 Å². The van der Waals surface area contributed by atoms with Gasteiger partial charge in [0.15, 0.2) is 0 Å². The summed E-state index contributed by atoms with van der Waals surface area (Å²) in [6.07, 6.45) is 3.11. The molecular formula is C12H13N3O.